The van der Waals surface area contributed by atoms with E-state index in [1.165, 1.54) is 0 Å². The van der Waals surface area contributed by atoms with Gasteiger partial charge in [-0.15, -0.1) is 0 Å². The Morgan fingerprint density at radius 1 is 1.27 bits per heavy atom. The third kappa shape index (κ3) is 3.36. The van der Waals surface area contributed by atoms with Crippen LogP contribution in [0.4, 0.5) is 0 Å². The average molecular weight is 353 g/mol. The minimum atomic E-state index is -0.269. The van der Waals surface area contributed by atoms with E-state index < -0.39 is 0 Å². The molecular formula is C20H23N3O3. The summed E-state index contributed by atoms with van der Waals surface area (Å²) < 4.78 is 5.33. The fourth-order valence-corrected chi connectivity index (χ4v) is 4.03. The van der Waals surface area contributed by atoms with Crippen LogP contribution in [0.1, 0.15) is 43.0 Å². The van der Waals surface area contributed by atoms with E-state index in [0.717, 1.165) is 37.1 Å². The van der Waals surface area contributed by atoms with Crippen molar-refractivity contribution in [1.29, 1.82) is 0 Å². The van der Waals surface area contributed by atoms with Crippen LogP contribution in [0.2, 0.25) is 0 Å². The predicted molar refractivity (Wildman–Crippen MR) is 94.8 cm³/mol. The first-order valence-corrected chi connectivity index (χ1v) is 9.23. The van der Waals surface area contributed by atoms with Crippen LogP contribution in [0.15, 0.2) is 47.3 Å². The second-order valence-electron chi connectivity index (χ2n) is 7.08. The van der Waals surface area contributed by atoms with Crippen molar-refractivity contribution in [2.75, 3.05) is 13.1 Å². The SMILES string of the molecule is O=C1C[C@@H](C(=O)N2CCCC[C@H]2c2cccnc2)CN1Cc1ccco1. The fourth-order valence-electron chi connectivity index (χ4n) is 4.03. The Labute approximate surface area is 152 Å². The quantitative estimate of drug-likeness (QED) is 0.848. The lowest BCUT2D eigenvalue weighted by Gasteiger charge is -2.37. The molecule has 0 unspecified atom stereocenters. The highest BCUT2D eigenvalue weighted by atomic mass is 16.3. The maximum atomic E-state index is 13.2. The molecule has 0 aliphatic carbocycles. The Morgan fingerprint density at radius 2 is 2.19 bits per heavy atom. The first kappa shape index (κ1) is 16.8. The summed E-state index contributed by atoms with van der Waals surface area (Å²) in [6, 6.07) is 7.68. The van der Waals surface area contributed by atoms with E-state index in [1.807, 2.05) is 35.4 Å². The number of carbonyl (C=O) groups is 2. The van der Waals surface area contributed by atoms with Gasteiger partial charge < -0.3 is 14.2 Å². The van der Waals surface area contributed by atoms with Gasteiger partial charge in [0.1, 0.15) is 5.76 Å². The van der Waals surface area contributed by atoms with E-state index in [4.69, 9.17) is 4.42 Å². The topological polar surface area (TPSA) is 66.7 Å². The van der Waals surface area contributed by atoms with Crippen LogP contribution >= 0.6 is 0 Å². The minimum Gasteiger partial charge on any atom is -0.467 e. The molecule has 6 heteroatoms. The van der Waals surface area contributed by atoms with Gasteiger partial charge in [-0.3, -0.25) is 14.6 Å². The van der Waals surface area contributed by atoms with Crippen LogP contribution in [0.5, 0.6) is 0 Å². The smallest absolute Gasteiger partial charge is 0.228 e. The Kier molecular flexibility index (Phi) is 4.73. The molecule has 0 aromatic carbocycles. The fraction of sp³-hybridized carbons (Fsp3) is 0.450. The number of amides is 2. The van der Waals surface area contributed by atoms with E-state index in [2.05, 4.69) is 4.98 Å². The molecule has 2 aliphatic rings. The molecule has 26 heavy (non-hydrogen) atoms. The standard InChI is InChI=1S/C20H23N3O3/c24-19-11-16(13-22(19)14-17-6-4-10-26-17)20(25)23-9-2-1-7-18(23)15-5-3-8-21-12-15/h3-6,8,10,12,16,18H,1-2,7,9,11,13-14H2/t16-,18+/m1/s1. The summed E-state index contributed by atoms with van der Waals surface area (Å²) in [7, 11) is 0. The van der Waals surface area contributed by atoms with Gasteiger partial charge in [0.15, 0.2) is 0 Å². The number of aromatic nitrogens is 1. The molecule has 0 radical (unpaired) electrons. The molecule has 4 rings (SSSR count). The van der Waals surface area contributed by atoms with E-state index in [9.17, 15) is 9.59 Å². The molecule has 2 saturated heterocycles. The second kappa shape index (κ2) is 7.32. The molecule has 2 aromatic rings. The number of hydrogen-bond acceptors (Lipinski definition) is 4. The third-order valence-electron chi connectivity index (χ3n) is 5.35. The average Bonchev–Trinajstić information content (AvgIpc) is 3.32. The maximum Gasteiger partial charge on any atom is 0.228 e. The lowest BCUT2D eigenvalue weighted by molar-refractivity contribution is -0.139. The minimum absolute atomic E-state index is 0.0229. The van der Waals surface area contributed by atoms with Crippen molar-refractivity contribution in [3.05, 3.63) is 54.2 Å². The highest BCUT2D eigenvalue weighted by Crippen LogP contribution is 2.33. The molecular weight excluding hydrogens is 330 g/mol. The highest BCUT2D eigenvalue weighted by Gasteiger charge is 2.39. The number of hydrogen-bond donors (Lipinski definition) is 0. The van der Waals surface area contributed by atoms with Gasteiger partial charge in [-0.2, -0.15) is 0 Å². The molecule has 6 nitrogen and oxygen atoms in total. The molecule has 2 atom stereocenters. The Bertz CT molecular complexity index is 760. The molecule has 0 spiro atoms. The van der Waals surface area contributed by atoms with Crippen LogP contribution in [-0.2, 0) is 16.1 Å². The molecule has 4 heterocycles. The van der Waals surface area contributed by atoms with E-state index >= 15 is 0 Å². The van der Waals surface area contributed by atoms with Crippen molar-refractivity contribution in [1.82, 2.24) is 14.8 Å². The molecule has 2 aliphatic heterocycles. The summed E-state index contributed by atoms with van der Waals surface area (Å²) in [5, 5.41) is 0. The normalized spacial score (nSPS) is 23.5. The van der Waals surface area contributed by atoms with Gasteiger partial charge in [0.25, 0.3) is 0 Å². The molecule has 2 amide bonds. The number of piperidine rings is 1. The third-order valence-corrected chi connectivity index (χ3v) is 5.35. The summed E-state index contributed by atoms with van der Waals surface area (Å²) in [5.74, 6) is 0.593. The number of nitrogens with zero attached hydrogens (tertiary/aromatic N) is 3. The molecule has 2 fully saturated rings. The molecule has 0 bridgehead atoms. The van der Waals surface area contributed by atoms with Crippen molar-refractivity contribution >= 4 is 11.8 Å². The summed E-state index contributed by atoms with van der Waals surface area (Å²) in [6.45, 7) is 1.65. The maximum absolute atomic E-state index is 13.2. The number of pyridine rings is 1. The van der Waals surface area contributed by atoms with Crippen LogP contribution in [0, 0.1) is 5.92 Å². The highest BCUT2D eigenvalue weighted by molar-refractivity contribution is 5.89. The van der Waals surface area contributed by atoms with Gasteiger partial charge in [-0.05, 0) is 43.0 Å². The van der Waals surface area contributed by atoms with Crippen LogP contribution in [0.25, 0.3) is 0 Å². The van der Waals surface area contributed by atoms with E-state index in [1.54, 1.807) is 17.4 Å². The first-order valence-electron chi connectivity index (χ1n) is 9.23. The van der Waals surface area contributed by atoms with Gasteiger partial charge in [0.05, 0.1) is 24.8 Å². The Hall–Kier alpha value is -2.63. The lowest BCUT2D eigenvalue weighted by atomic mass is 9.94. The monoisotopic (exact) mass is 353 g/mol. The van der Waals surface area contributed by atoms with Gasteiger partial charge in [0.2, 0.25) is 11.8 Å². The van der Waals surface area contributed by atoms with E-state index in [-0.39, 0.29) is 30.2 Å². The molecule has 0 N–H and O–H groups in total. The summed E-state index contributed by atoms with van der Waals surface area (Å²) in [6.07, 6.45) is 8.56. The number of likely N-dealkylation sites (tertiary alicyclic amines) is 2. The zero-order valence-electron chi connectivity index (χ0n) is 14.7. The van der Waals surface area contributed by atoms with E-state index in [0.29, 0.717) is 13.1 Å². The largest absolute Gasteiger partial charge is 0.467 e. The summed E-state index contributed by atoms with van der Waals surface area (Å²) >= 11 is 0. The van der Waals surface area contributed by atoms with Gasteiger partial charge >= 0.3 is 0 Å². The number of rotatable bonds is 4. The number of furan rings is 1. The molecule has 0 saturated carbocycles. The van der Waals surface area contributed by atoms with Crippen LogP contribution < -0.4 is 0 Å². The van der Waals surface area contributed by atoms with Crippen molar-refractivity contribution in [2.24, 2.45) is 5.92 Å². The summed E-state index contributed by atoms with van der Waals surface area (Å²) in [4.78, 5) is 33.4. The van der Waals surface area contributed by atoms with Crippen molar-refractivity contribution < 1.29 is 14.0 Å². The summed E-state index contributed by atoms with van der Waals surface area (Å²) in [5.41, 5.74) is 1.08. The predicted octanol–water partition coefficient (Wildman–Crippen LogP) is 2.78. The Balaban J connectivity index is 1.46. The van der Waals surface area contributed by atoms with Crippen LogP contribution in [0.3, 0.4) is 0 Å². The van der Waals surface area contributed by atoms with Crippen molar-refractivity contribution in [3.8, 4) is 0 Å². The zero-order valence-corrected chi connectivity index (χ0v) is 14.7. The number of carbonyl (C=O) groups excluding carboxylic acids is 2. The van der Waals surface area contributed by atoms with Gasteiger partial charge in [-0.25, -0.2) is 0 Å². The van der Waals surface area contributed by atoms with Crippen LogP contribution in [-0.4, -0.2) is 39.7 Å². The second-order valence-corrected chi connectivity index (χ2v) is 7.08. The van der Waals surface area contributed by atoms with Gasteiger partial charge in [0, 0.05) is 31.9 Å². The van der Waals surface area contributed by atoms with Crippen molar-refractivity contribution in [3.63, 3.8) is 0 Å². The zero-order chi connectivity index (χ0) is 17.9. The molecule has 2 aromatic heterocycles. The first-order chi connectivity index (χ1) is 12.7. The van der Waals surface area contributed by atoms with Gasteiger partial charge in [-0.1, -0.05) is 6.07 Å². The van der Waals surface area contributed by atoms with Crippen molar-refractivity contribution in [2.45, 2.75) is 38.3 Å². The molecule has 136 valence electrons. The Morgan fingerprint density at radius 3 is 2.96 bits per heavy atom. The lowest BCUT2D eigenvalue weighted by Crippen LogP contribution is -2.42.